The van der Waals surface area contributed by atoms with Crippen LogP contribution in [0.2, 0.25) is 0 Å². The Balaban J connectivity index is 1.92. The molecule has 0 saturated carbocycles. The van der Waals surface area contributed by atoms with Gasteiger partial charge in [0.1, 0.15) is 0 Å². The van der Waals surface area contributed by atoms with Crippen molar-refractivity contribution in [1.29, 1.82) is 0 Å². The van der Waals surface area contributed by atoms with Crippen molar-refractivity contribution in [2.45, 2.75) is 18.8 Å². The standard InChI is InChI=1S/C15H16FN3O2/c16-13-9-19(15(21)18-14(13)20)12-3-1-10(2-4-12)11-5-7-17-8-6-11/h1-4,9,11,17H,5-8H2,(H,18,20,21). The Bertz CT molecular complexity index is 743. The molecule has 2 aromatic rings. The van der Waals surface area contributed by atoms with Crippen LogP contribution in [0.3, 0.4) is 0 Å². The van der Waals surface area contributed by atoms with Gasteiger partial charge in [0, 0.05) is 0 Å². The number of nitrogens with zero attached hydrogens (tertiary/aromatic N) is 1. The summed E-state index contributed by atoms with van der Waals surface area (Å²) in [6.45, 7) is 2.02. The van der Waals surface area contributed by atoms with Gasteiger partial charge in [0.2, 0.25) is 5.82 Å². The molecule has 6 heteroatoms. The Morgan fingerprint density at radius 1 is 1.10 bits per heavy atom. The van der Waals surface area contributed by atoms with E-state index in [0.717, 1.165) is 36.7 Å². The number of halogens is 1. The molecule has 110 valence electrons. The number of H-pyrrole nitrogens is 1. The number of aromatic nitrogens is 2. The van der Waals surface area contributed by atoms with Crippen molar-refractivity contribution in [3.63, 3.8) is 0 Å². The molecule has 0 amide bonds. The minimum Gasteiger partial charge on any atom is -0.317 e. The number of aromatic amines is 1. The first-order chi connectivity index (χ1) is 10.1. The molecule has 1 aromatic carbocycles. The molecule has 0 unspecified atom stereocenters. The molecule has 1 aliphatic heterocycles. The van der Waals surface area contributed by atoms with Crippen molar-refractivity contribution >= 4 is 0 Å². The Hall–Kier alpha value is -2.21. The van der Waals surface area contributed by atoms with Crippen LogP contribution in [0.5, 0.6) is 0 Å². The minimum atomic E-state index is -0.998. The van der Waals surface area contributed by atoms with Crippen LogP contribution in [0.1, 0.15) is 24.3 Å². The van der Waals surface area contributed by atoms with Crippen LogP contribution in [-0.2, 0) is 0 Å². The van der Waals surface area contributed by atoms with E-state index >= 15 is 0 Å². The van der Waals surface area contributed by atoms with Crippen LogP contribution < -0.4 is 16.6 Å². The molecule has 2 N–H and O–H groups in total. The summed E-state index contributed by atoms with van der Waals surface area (Å²) in [5.41, 5.74) is 0.115. The first-order valence-corrected chi connectivity index (χ1v) is 6.97. The van der Waals surface area contributed by atoms with E-state index in [1.165, 1.54) is 5.56 Å². The van der Waals surface area contributed by atoms with Gasteiger partial charge in [0.25, 0.3) is 5.56 Å². The maximum Gasteiger partial charge on any atom is 0.333 e. The van der Waals surface area contributed by atoms with E-state index in [4.69, 9.17) is 0 Å². The predicted octanol–water partition coefficient (Wildman–Crippen LogP) is 1.13. The molecule has 1 fully saturated rings. The second kappa shape index (κ2) is 5.65. The zero-order valence-corrected chi connectivity index (χ0v) is 11.4. The maximum atomic E-state index is 13.3. The molecule has 0 aliphatic carbocycles. The van der Waals surface area contributed by atoms with Crippen LogP contribution in [-0.4, -0.2) is 22.6 Å². The van der Waals surface area contributed by atoms with Crippen molar-refractivity contribution in [2.24, 2.45) is 0 Å². The summed E-state index contributed by atoms with van der Waals surface area (Å²) in [4.78, 5) is 24.7. The van der Waals surface area contributed by atoms with Crippen molar-refractivity contribution in [3.05, 3.63) is 62.7 Å². The smallest absolute Gasteiger partial charge is 0.317 e. The summed E-state index contributed by atoms with van der Waals surface area (Å²) in [5.74, 6) is -0.457. The van der Waals surface area contributed by atoms with Gasteiger partial charge in [0.05, 0.1) is 11.9 Å². The number of piperidine rings is 1. The van der Waals surface area contributed by atoms with E-state index in [1.54, 1.807) is 12.1 Å². The van der Waals surface area contributed by atoms with Gasteiger partial charge in [0.15, 0.2) is 0 Å². The SMILES string of the molecule is O=c1[nH]c(=O)n(-c2ccc(C3CCNCC3)cc2)cc1F. The Labute approximate surface area is 120 Å². The highest BCUT2D eigenvalue weighted by Gasteiger charge is 2.15. The quantitative estimate of drug-likeness (QED) is 0.871. The average Bonchev–Trinajstić information content (AvgIpc) is 2.52. The van der Waals surface area contributed by atoms with Gasteiger partial charge in [-0.25, -0.2) is 4.79 Å². The molecule has 3 rings (SSSR count). The van der Waals surface area contributed by atoms with Gasteiger partial charge in [-0.1, -0.05) is 12.1 Å². The van der Waals surface area contributed by atoms with E-state index < -0.39 is 17.1 Å². The van der Waals surface area contributed by atoms with Crippen LogP contribution in [0.4, 0.5) is 4.39 Å². The Morgan fingerprint density at radius 2 is 1.76 bits per heavy atom. The third-order valence-corrected chi connectivity index (χ3v) is 3.88. The molecule has 1 saturated heterocycles. The van der Waals surface area contributed by atoms with E-state index in [0.29, 0.717) is 11.6 Å². The lowest BCUT2D eigenvalue weighted by Crippen LogP contribution is -2.30. The van der Waals surface area contributed by atoms with Crippen molar-refractivity contribution in [3.8, 4) is 5.69 Å². The summed E-state index contributed by atoms with van der Waals surface area (Å²) in [5, 5.41) is 3.32. The number of hydrogen-bond acceptors (Lipinski definition) is 3. The van der Waals surface area contributed by atoms with Crippen LogP contribution in [0.15, 0.2) is 40.1 Å². The fourth-order valence-corrected chi connectivity index (χ4v) is 2.70. The van der Waals surface area contributed by atoms with Crippen LogP contribution in [0.25, 0.3) is 5.69 Å². The second-order valence-electron chi connectivity index (χ2n) is 5.22. The van der Waals surface area contributed by atoms with E-state index in [9.17, 15) is 14.0 Å². The van der Waals surface area contributed by atoms with Crippen LogP contribution in [0, 0.1) is 5.82 Å². The zero-order chi connectivity index (χ0) is 14.8. The third-order valence-electron chi connectivity index (χ3n) is 3.88. The predicted molar refractivity (Wildman–Crippen MR) is 77.5 cm³/mol. The van der Waals surface area contributed by atoms with Gasteiger partial charge in [-0.3, -0.25) is 14.3 Å². The van der Waals surface area contributed by atoms with Gasteiger partial charge >= 0.3 is 5.69 Å². The molecule has 21 heavy (non-hydrogen) atoms. The lowest BCUT2D eigenvalue weighted by atomic mass is 9.90. The van der Waals surface area contributed by atoms with E-state index in [-0.39, 0.29) is 0 Å². The minimum absolute atomic E-state index is 0.518. The zero-order valence-electron chi connectivity index (χ0n) is 11.4. The Kier molecular flexibility index (Phi) is 3.70. The molecular formula is C15H16FN3O2. The van der Waals surface area contributed by atoms with Crippen molar-refractivity contribution < 1.29 is 4.39 Å². The number of rotatable bonds is 2. The summed E-state index contributed by atoms with van der Waals surface area (Å²) in [6.07, 6.45) is 3.10. The van der Waals surface area contributed by atoms with Crippen molar-refractivity contribution in [1.82, 2.24) is 14.9 Å². The van der Waals surface area contributed by atoms with Gasteiger partial charge in [-0.05, 0) is 49.5 Å². The third kappa shape index (κ3) is 2.80. The molecule has 0 spiro atoms. The van der Waals surface area contributed by atoms with Gasteiger partial charge in [-0.2, -0.15) is 4.39 Å². The van der Waals surface area contributed by atoms with Crippen molar-refractivity contribution in [2.75, 3.05) is 13.1 Å². The average molecular weight is 289 g/mol. The summed E-state index contributed by atoms with van der Waals surface area (Å²) in [6, 6.07) is 7.47. The van der Waals surface area contributed by atoms with Crippen LogP contribution >= 0.6 is 0 Å². The largest absolute Gasteiger partial charge is 0.333 e. The molecule has 1 aliphatic rings. The molecule has 1 aromatic heterocycles. The Morgan fingerprint density at radius 3 is 2.43 bits per heavy atom. The molecule has 0 radical (unpaired) electrons. The summed E-state index contributed by atoms with van der Waals surface area (Å²) >= 11 is 0. The van der Waals surface area contributed by atoms with E-state index in [1.807, 2.05) is 17.1 Å². The lowest BCUT2D eigenvalue weighted by molar-refractivity contribution is 0.460. The molecule has 2 heterocycles. The highest BCUT2D eigenvalue weighted by atomic mass is 19.1. The highest BCUT2D eigenvalue weighted by molar-refractivity contribution is 5.36. The first kappa shape index (κ1) is 13.8. The fraction of sp³-hybridized carbons (Fsp3) is 0.333. The second-order valence-corrected chi connectivity index (χ2v) is 5.22. The number of benzene rings is 1. The van der Waals surface area contributed by atoms with Gasteiger partial charge in [-0.15, -0.1) is 0 Å². The topological polar surface area (TPSA) is 66.9 Å². The number of nitrogens with one attached hydrogen (secondary N) is 2. The molecule has 0 atom stereocenters. The first-order valence-electron chi connectivity index (χ1n) is 6.97. The normalized spacial score (nSPS) is 16.0. The number of hydrogen-bond donors (Lipinski definition) is 2. The summed E-state index contributed by atoms with van der Waals surface area (Å²) < 4.78 is 14.4. The molecule has 5 nitrogen and oxygen atoms in total. The molecular weight excluding hydrogens is 273 g/mol. The van der Waals surface area contributed by atoms with Gasteiger partial charge < -0.3 is 5.32 Å². The molecule has 0 bridgehead atoms. The lowest BCUT2D eigenvalue weighted by Gasteiger charge is -2.23. The fourth-order valence-electron chi connectivity index (χ4n) is 2.70. The van der Waals surface area contributed by atoms with E-state index in [2.05, 4.69) is 5.32 Å². The maximum absolute atomic E-state index is 13.3. The summed E-state index contributed by atoms with van der Waals surface area (Å²) in [7, 11) is 0. The highest BCUT2D eigenvalue weighted by Crippen LogP contribution is 2.25. The monoisotopic (exact) mass is 289 g/mol.